The number of rotatable bonds is 3. The maximum atomic E-state index is 12.6. The number of nitrogens with one attached hydrogen (secondary N) is 1. The van der Waals surface area contributed by atoms with Gasteiger partial charge in [-0.15, -0.1) is 0 Å². The number of halogens is 1. The number of methoxy groups -OCH3 is 1. The Bertz CT molecular complexity index is 680. The predicted octanol–water partition coefficient (Wildman–Crippen LogP) is 2.02. The van der Waals surface area contributed by atoms with Crippen molar-refractivity contribution < 1.29 is 14.4 Å². The van der Waals surface area contributed by atoms with Crippen molar-refractivity contribution in [3.8, 4) is 5.75 Å². The molecule has 2 aromatic carbocycles. The standard InChI is InChI=1S/C18H19ClN2O2/c1-23-15-8-6-14(7-9-15)20-10-12-21(13-11-20)18(22)16-4-2-3-5-17(16)19/h2-9H,10-13H2,1H3/p+1. The third-order valence-corrected chi connectivity index (χ3v) is 4.59. The number of carbonyl (C=O) groups excluding carboxylic acids is 1. The third kappa shape index (κ3) is 3.49. The van der Waals surface area contributed by atoms with E-state index in [9.17, 15) is 4.79 Å². The van der Waals surface area contributed by atoms with Gasteiger partial charge in [-0.25, -0.2) is 0 Å². The van der Waals surface area contributed by atoms with Crippen molar-refractivity contribution >= 4 is 23.2 Å². The highest BCUT2D eigenvalue weighted by atomic mass is 35.5. The second kappa shape index (κ2) is 7.02. The van der Waals surface area contributed by atoms with Gasteiger partial charge in [-0.1, -0.05) is 23.7 Å². The molecule has 0 bridgehead atoms. The van der Waals surface area contributed by atoms with Crippen molar-refractivity contribution in [2.75, 3.05) is 33.3 Å². The Hall–Kier alpha value is -2.04. The molecular weight excluding hydrogens is 312 g/mol. The highest BCUT2D eigenvalue weighted by molar-refractivity contribution is 6.33. The molecule has 0 radical (unpaired) electrons. The lowest BCUT2D eigenvalue weighted by Gasteiger charge is -2.32. The monoisotopic (exact) mass is 331 g/mol. The van der Waals surface area contributed by atoms with Crippen LogP contribution in [0.25, 0.3) is 0 Å². The molecule has 0 aromatic heterocycles. The highest BCUT2D eigenvalue weighted by Crippen LogP contribution is 2.17. The van der Waals surface area contributed by atoms with Gasteiger partial charge in [-0.3, -0.25) is 9.69 Å². The molecule has 0 spiro atoms. The summed E-state index contributed by atoms with van der Waals surface area (Å²) in [7, 11) is 1.67. The molecule has 120 valence electrons. The SMILES string of the molecule is COc1ccc([NH+]2CCN(C(=O)c3ccccc3Cl)CC2)cc1. The second-order valence-corrected chi connectivity index (χ2v) is 6.01. The van der Waals surface area contributed by atoms with Gasteiger partial charge in [-0.05, 0) is 24.3 Å². The van der Waals surface area contributed by atoms with Gasteiger partial charge < -0.3 is 9.64 Å². The van der Waals surface area contributed by atoms with Gasteiger partial charge in [0.15, 0.2) is 0 Å². The lowest BCUT2D eigenvalue weighted by atomic mass is 10.1. The summed E-state index contributed by atoms with van der Waals surface area (Å²) in [6.45, 7) is 3.24. The fraction of sp³-hybridized carbons (Fsp3) is 0.278. The summed E-state index contributed by atoms with van der Waals surface area (Å²) in [6, 6.07) is 15.3. The van der Waals surface area contributed by atoms with Crippen LogP contribution in [-0.4, -0.2) is 44.1 Å². The average molecular weight is 332 g/mol. The fourth-order valence-electron chi connectivity index (χ4n) is 2.90. The highest BCUT2D eigenvalue weighted by Gasteiger charge is 2.26. The van der Waals surface area contributed by atoms with Gasteiger partial charge in [0, 0.05) is 12.1 Å². The molecule has 1 N–H and O–H groups in total. The van der Waals surface area contributed by atoms with Crippen LogP contribution in [-0.2, 0) is 0 Å². The zero-order chi connectivity index (χ0) is 16.2. The summed E-state index contributed by atoms with van der Waals surface area (Å²) in [6.07, 6.45) is 0. The normalized spacial score (nSPS) is 15.5. The van der Waals surface area contributed by atoms with Crippen LogP contribution in [0.15, 0.2) is 48.5 Å². The molecule has 1 aliphatic heterocycles. The van der Waals surface area contributed by atoms with Crippen molar-refractivity contribution in [2.45, 2.75) is 0 Å². The van der Waals surface area contributed by atoms with Crippen LogP contribution in [0, 0.1) is 0 Å². The van der Waals surface area contributed by atoms with Crippen molar-refractivity contribution in [3.63, 3.8) is 0 Å². The van der Waals surface area contributed by atoms with E-state index in [4.69, 9.17) is 16.3 Å². The van der Waals surface area contributed by atoms with E-state index in [2.05, 4.69) is 12.1 Å². The molecule has 2 aromatic rings. The van der Waals surface area contributed by atoms with E-state index < -0.39 is 0 Å². The maximum absolute atomic E-state index is 12.6. The summed E-state index contributed by atoms with van der Waals surface area (Å²) in [5.41, 5.74) is 1.82. The van der Waals surface area contributed by atoms with E-state index in [0.717, 1.165) is 31.9 Å². The van der Waals surface area contributed by atoms with E-state index in [1.807, 2.05) is 29.2 Å². The lowest BCUT2D eigenvalue weighted by molar-refractivity contribution is -0.837. The molecule has 1 aliphatic rings. The molecule has 23 heavy (non-hydrogen) atoms. The Kier molecular flexibility index (Phi) is 4.84. The summed E-state index contributed by atoms with van der Waals surface area (Å²) in [5, 5.41) is 0.516. The predicted molar refractivity (Wildman–Crippen MR) is 90.7 cm³/mol. The average Bonchev–Trinajstić information content (AvgIpc) is 2.62. The first-order valence-corrected chi connectivity index (χ1v) is 8.10. The Morgan fingerprint density at radius 2 is 1.74 bits per heavy atom. The van der Waals surface area contributed by atoms with E-state index in [-0.39, 0.29) is 5.91 Å². The lowest BCUT2D eigenvalue weighted by Crippen LogP contribution is -3.10. The Labute approximate surface area is 141 Å². The molecule has 0 atom stereocenters. The van der Waals surface area contributed by atoms with Crippen molar-refractivity contribution in [1.82, 2.24) is 4.90 Å². The van der Waals surface area contributed by atoms with Crippen molar-refractivity contribution in [3.05, 3.63) is 59.1 Å². The van der Waals surface area contributed by atoms with Crippen LogP contribution in [0.3, 0.4) is 0 Å². The Morgan fingerprint density at radius 3 is 2.35 bits per heavy atom. The molecule has 0 unspecified atom stereocenters. The number of nitrogens with zero attached hydrogens (tertiary/aromatic N) is 1. The van der Waals surface area contributed by atoms with Crippen LogP contribution in [0.2, 0.25) is 5.02 Å². The number of hydrogen-bond acceptors (Lipinski definition) is 2. The number of ether oxygens (including phenoxy) is 1. The number of amides is 1. The number of benzene rings is 2. The van der Waals surface area contributed by atoms with Gasteiger partial charge >= 0.3 is 0 Å². The third-order valence-electron chi connectivity index (χ3n) is 4.26. The minimum atomic E-state index is 0.0179. The summed E-state index contributed by atoms with van der Waals surface area (Å²) < 4.78 is 5.19. The van der Waals surface area contributed by atoms with E-state index in [1.165, 1.54) is 10.6 Å². The first kappa shape index (κ1) is 15.8. The largest absolute Gasteiger partial charge is 0.497 e. The van der Waals surface area contributed by atoms with Gasteiger partial charge in [0.1, 0.15) is 11.4 Å². The molecule has 0 aliphatic carbocycles. The molecule has 4 nitrogen and oxygen atoms in total. The molecular formula is C18H20ClN2O2+. The first-order chi connectivity index (χ1) is 11.2. The van der Waals surface area contributed by atoms with Crippen LogP contribution in [0.4, 0.5) is 5.69 Å². The fourth-order valence-corrected chi connectivity index (χ4v) is 3.12. The zero-order valence-electron chi connectivity index (χ0n) is 13.1. The number of hydrogen-bond donors (Lipinski definition) is 1. The Morgan fingerprint density at radius 1 is 1.09 bits per heavy atom. The van der Waals surface area contributed by atoms with Gasteiger partial charge in [-0.2, -0.15) is 0 Å². The van der Waals surface area contributed by atoms with Gasteiger partial charge in [0.2, 0.25) is 0 Å². The van der Waals surface area contributed by atoms with E-state index >= 15 is 0 Å². The molecule has 0 saturated carbocycles. The molecule has 1 fully saturated rings. The quantitative estimate of drug-likeness (QED) is 0.933. The minimum Gasteiger partial charge on any atom is -0.497 e. The first-order valence-electron chi connectivity index (χ1n) is 7.72. The summed E-state index contributed by atoms with van der Waals surface area (Å²) >= 11 is 6.13. The smallest absolute Gasteiger partial charge is 0.255 e. The van der Waals surface area contributed by atoms with Gasteiger partial charge in [0.25, 0.3) is 5.91 Å². The second-order valence-electron chi connectivity index (χ2n) is 5.60. The Balaban J connectivity index is 1.64. The number of quaternary nitrogens is 1. The zero-order valence-corrected chi connectivity index (χ0v) is 13.8. The molecule has 3 rings (SSSR count). The van der Waals surface area contributed by atoms with Crippen molar-refractivity contribution in [2.24, 2.45) is 0 Å². The van der Waals surface area contributed by atoms with E-state index in [0.29, 0.717) is 10.6 Å². The maximum Gasteiger partial charge on any atom is 0.255 e. The minimum absolute atomic E-state index is 0.0179. The van der Waals surface area contributed by atoms with Crippen LogP contribution in [0.5, 0.6) is 5.75 Å². The summed E-state index contributed by atoms with van der Waals surface area (Å²) in [5.74, 6) is 0.880. The van der Waals surface area contributed by atoms with Crippen LogP contribution >= 0.6 is 11.6 Å². The molecule has 1 amide bonds. The number of piperazine rings is 1. The summed E-state index contributed by atoms with van der Waals surface area (Å²) in [4.78, 5) is 15.8. The molecule has 1 saturated heterocycles. The number of carbonyl (C=O) groups is 1. The topological polar surface area (TPSA) is 34.0 Å². The molecule has 5 heteroatoms. The van der Waals surface area contributed by atoms with E-state index in [1.54, 1.807) is 19.2 Å². The molecule has 1 heterocycles. The van der Waals surface area contributed by atoms with Crippen LogP contribution in [0.1, 0.15) is 10.4 Å². The van der Waals surface area contributed by atoms with Crippen LogP contribution < -0.4 is 9.64 Å². The van der Waals surface area contributed by atoms with Gasteiger partial charge in [0.05, 0.1) is 43.9 Å². The van der Waals surface area contributed by atoms with Crippen molar-refractivity contribution in [1.29, 1.82) is 0 Å².